The molecule has 2 saturated heterocycles. The van der Waals surface area contributed by atoms with Crippen molar-refractivity contribution < 1.29 is 19.5 Å². The number of terminal acetylenes is 1. The molecule has 4 rings (SSSR count). The van der Waals surface area contributed by atoms with E-state index in [1.807, 2.05) is 0 Å². The molecule has 4 amide bonds. The molecule has 1 unspecified atom stereocenters. The summed E-state index contributed by atoms with van der Waals surface area (Å²) in [5, 5.41) is 10.7. The Hall–Kier alpha value is -3.67. The molecule has 0 bridgehead atoms. The Morgan fingerprint density at radius 2 is 1.78 bits per heavy atom. The summed E-state index contributed by atoms with van der Waals surface area (Å²) in [5.41, 5.74) is 12.4. The summed E-state index contributed by atoms with van der Waals surface area (Å²) in [6, 6.07) is 12.6. The Labute approximate surface area is 186 Å². The van der Waals surface area contributed by atoms with Crippen molar-refractivity contribution in [2.75, 3.05) is 18.0 Å². The third-order valence-corrected chi connectivity index (χ3v) is 6.66. The number of hydrogen-bond acceptors (Lipinski definition) is 4. The van der Waals surface area contributed by atoms with Gasteiger partial charge in [-0.1, -0.05) is 18.1 Å². The van der Waals surface area contributed by atoms with Gasteiger partial charge in [0.25, 0.3) is 5.91 Å². The fraction of sp³-hybridized carbons (Fsp3) is 0.292. The van der Waals surface area contributed by atoms with Gasteiger partial charge in [-0.05, 0) is 30.7 Å². The van der Waals surface area contributed by atoms with Crippen molar-refractivity contribution in [3.63, 3.8) is 0 Å². The number of aliphatic hydroxyl groups is 1. The first-order chi connectivity index (χ1) is 15.3. The Balaban J connectivity index is 1.89. The van der Waals surface area contributed by atoms with Gasteiger partial charge in [-0.3, -0.25) is 9.59 Å². The van der Waals surface area contributed by atoms with E-state index in [0.29, 0.717) is 35.5 Å². The number of likely N-dealkylation sites (tertiary alicyclic amines) is 1. The molecule has 2 aromatic carbocycles. The van der Waals surface area contributed by atoms with E-state index in [-0.39, 0.29) is 18.9 Å². The number of nitrogens with zero attached hydrogens (tertiary/aromatic N) is 2. The summed E-state index contributed by atoms with van der Waals surface area (Å²) in [6.07, 6.45) is 5.65. The zero-order chi connectivity index (χ0) is 23.1. The molecule has 3 atom stereocenters. The smallest absolute Gasteiger partial charge is 0.387 e. The number of nitrogens with two attached hydrogens (primary N) is 2. The summed E-state index contributed by atoms with van der Waals surface area (Å²) >= 11 is 0. The van der Waals surface area contributed by atoms with Crippen LogP contribution in [-0.4, -0.2) is 42.1 Å². The molecule has 0 aliphatic carbocycles. The van der Waals surface area contributed by atoms with Gasteiger partial charge < -0.3 is 21.5 Å². The van der Waals surface area contributed by atoms with Crippen LogP contribution < -0.4 is 20.9 Å². The number of hydrogen-bond donors (Lipinski definition) is 3. The van der Waals surface area contributed by atoms with Gasteiger partial charge in [0.2, 0.25) is 11.4 Å². The molecule has 8 nitrogen and oxygen atoms in total. The summed E-state index contributed by atoms with van der Waals surface area (Å²) < 4.78 is -0.656. The van der Waals surface area contributed by atoms with Gasteiger partial charge in [0, 0.05) is 48.3 Å². The van der Waals surface area contributed by atoms with Crippen LogP contribution in [0.25, 0.3) is 0 Å². The molecule has 164 valence electrons. The second-order valence-corrected chi connectivity index (χ2v) is 8.30. The zero-order valence-electron chi connectivity index (χ0n) is 17.5. The van der Waals surface area contributed by atoms with Crippen LogP contribution in [0.2, 0.25) is 0 Å². The Kier molecular flexibility index (Phi) is 5.25. The number of amides is 4. The summed E-state index contributed by atoms with van der Waals surface area (Å²) in [7, 11) is 0. The minimum atomic E-state index is -1.63. The lowest BCUT2D eigenvalue weighted by Gasteiger charge is -2.42. The van der Waals surface area contributed by atoms with Crippen LogP contribution in [0.3, 0.4) is 0 Å². The van der Waals surface area contributed by atoms with Gasteiger partial charge in [0.05, 0.1) is 0 Å². The number of urea groups is 1. The second kappa shape index (κ2) is 7.79. The molecule has 5 N–H and O–H groups in total. The van der Waals surface area contributed by atoms with Crippen LogP contribution in [0.5, 0.6) is 0 Å². The molecule has 0 spiro atoms. The van der Waals surface area contributed by atoms with Crippen molar-refractivity contribution in [3.8, 4) is 12.3 Å². The number of rotatable bonds is 4. The average molecular weight is 433 g/mol. The molecule has 32 heavy (non-hydrogen) atoms. The molecule has 2 aliphatic rings. The van der Waals surface area contributed by atoms with Crippen molar-refractivity contribution in [1.82, 2.24) is 4.48 Å². The maximum absolute atomic E-state index is 13.1. The minimum Gasteiger partial charge on any atom is -0.387 e. The van der Waals surface area contributed by atoms with Crippen LogP contribution >= 0.6 is 0 Å². The first-order valence-corrected chi connectivity index (χ1v) is 10.4. The maximum Gasteiger partial charge on any atom is 0.420 e. The van der Waals surface area contributed by atoms with E-state index in [9.17, 15) is 19.5 Å². The standard InChI is InChI=1S/C24H24N4O4/c1-2-16-5-11-19(12-6-16)28(23(26)32)15-20(29)14-24(28,22(25)31)17-7-9-18(10-8-17)27-13-3-4-21(27)30/h1,5-12,20,29H,3-4,13-15H2,(H3-,25,26,31,32)/p+1/t20-,24-,28?/m1/s1. The lowest BCUT2D eigenvalue weighted by Crippen LogP contribution is -2.70. The number of primary amides is 2. The third-order valence-electron chi connectivity index (χ3n) is 6.66. The zero-order valence-corrected chi connectivity index (χ0v) is 17.5. The van der Waals surface area contributed by atoms with Gasteiger partial charge in [0.1, 0.15) is 18.3 Å². The lowest BCUT2D eigenvalue weighted by molar-refractivity contribution is -0.127. The number of benzene rings is 2. The fourth-order valence-electron chi connectivity index (χ4n) is 5.18. The molecule has 2 heterocycles. The molecule has 2 aliphatic heterocycles. The molecule has 2 fully saturated rings. The van der Waals surface area contributed by atoms with Crippen molar-refractivity contribution in [2.45, 2.75) is 30.9 Å². The largest absolute Gasteiger partial charge is 0.420 e. The molecular formula is C24H25N4O4+. The van der Waals surface area contributed by atoms with E-state index in [4.69, 9.17) is 17.9 Å². The predicted octanol–water partition coefficient (Wildman–Crippen LogP) is 1.33. The minimum absolute atomic E-state index is 0.0366. The van der Waals surface area contributed by atoms with Crippen molar-refractivity contribution in [1.29, 1.82) is 0 Å². The highest BCUT2D eigenvalue weighted by Gasteiger charge is 2.68. The summed E-state index contributed by atoms with van der Waals surface area (Å²) in [6.45, 7) is 0.515. The van der Waals surface area contributed by atoms with Crippen LogP contribution in [-0.2, 0) is 15.1 Å². The molecule has 8 heteroatoms. The fourth-order valence-corrected chi connectivity index (χ4v) is 5.18. The van der Waals surface area contributed by atoms with Gasteiger partial charge >= 0.3 is 6.03 Å². The molecular weight excluding hydrogens is 408 g/mol. The van der Waals surface area contributed by atoms with Gasteiger partial charge in [-0.2, -0.15) is 4.48 Å². The van der Waals surface area contributed by atoms with Crippen molar-refractivity contribution >= 4 is 29.2 Å². The van der Waals surface area contributed by atoms with Gasteiger partial charge in [0.15, 0.2) is 0 Å². The number of carbonyl (C=O) groups excluding carboxylic acids is 3. The second-order valence-electron chi connectivity index (χ2n) is 8.30. The van der Waals surface area contributed by atoms with Crippen molar-refractivity contribution in [2.24, 2.45) is 11.5 Å². The first kappa shape index (κ1) is 21.6. The highest BCUT2D eigenvalue weighted by molar-refractivity contribution is 6.00. The van der Waals surface area contributed by atoms with Crippen LogP contribution in [0.15, 0.2) is 48.5 Å². The Morgan fingerprint density at radius 3 is 2.28 bits per heavy atom. The number of carbonyl (C=O) groups is 3. The van der Waals surface area contributed by atoms with Gasteiger partial charge in [-0.15, -0.1) is 6.42 Å². The quantitative estimate of drug-likeness (QED) is 0.496. The van der Waals surface area contributed by atoms with E-state index in [1.165, 1.54) is 0 Å². The van der Waals surface area contributed by atoms with Crippen LogP contribution in [0.4, 0.5) is 16.2 Å². The van der Waals surface area contributed by atoms with Crippen molar-refractivity contribution in [3.05, 3.63) is 59.7 Å². The third kappa shape index (κ3) is 2.98. The monoisotopic (exact) mass is 433 g/mol. The number of anilines is 1. The predicted molar refractivity (Wildman–Crippen MR) is 120 cm³/mol. The average Bonchev–Trinajstić information content (AvgIpc) is 3.35. The normalized spacial score (nSPS) is 27.3. The van der Waals surface area contributed by atoms with E-state index in [1.54, 1.807) is 53.4 Å². The summed E-state index contributed by atoms with van der Waals surface area (Å²) in [4.78, 5) is 39.9. The maximum atomic E-state index is 13.1. The van der Waals surface area contributed by atoms with Crippen LogP contribution in [0.1, 0.15) is 30.4 Å². The van der Waals surface area contributed by atoms with Gasteiger partial charge in [-0.25, -0.2) is 4.79 Å². The lowest BCUT2D eigenvalue weighted by atomic mass is 9.83. The molecule has 0 aromatic heterocycles. The first-order valence-electron chi connectivity index (χ1n) is 10.4. The molecule has 0 radical (unpaired) electrons. The van der Waals surface area contributed by atoms with E-state index >= 15 is 0 Å². The molecule has 0 saturated carbocycles. The van der Waals surface area contributed by atoms with E-state index < -0.39 is 28.1 Å². The number of quaternary nitrogens is 1. The highest BCUT2D eigenvalue weighted by atomic mass is 16.3. The highest BCUT2D eigenvalue weighted by Crippen LogP contribution is 2.49. The molecule has 2 aromatic rings. The van der Waals surface area contributed by atoms with E-state index in [0.717, 1.165) is 6.42 Å². The topological polar surface area (TPSA) is 127 Å². The summed E-state index contributed by atoms with van der Waals surface area (Å²) in [5.74, 6) is 1.77. The SMILES string of the molecule is C#Cc1ccc([N+]2(C(N)=O)C[C@H](O)C[C@]2(C(N)=O)c2ccc(N3CCCC3=O)cc2)cc1. The number of aliphatic hydroxyl groups excluding tert-OH is 1. The Morgan fingerprint density at radius 1 is 1.12 bits per heavy atom. The van der Waals surface area contributed by atoms with Crippen LogP contribution in [0, 0.1) is 12.3 Å². The van der Waals surface area contributed by atoms with E-state index in [2.05, 4.69) is 5.92 Å². The Bertz CT molecular complexity index is 1120.